The first-order valence-corrected chi connectivity index (χ1v) is 5.77. The Morgan fingerprint density at radius 2 is 2.18 bits per heavy atom. The Hall–Kier alpha value is -1.67. The van der Waals surface area contributed by atoms with Gasteiger partial charge in [0.2, 0.25) is 0 Å². The minimum absolute atomic E-state index is 0.307. The van der Waals surface area contributed by atoms with Crippen LogP contribution in [0.3, 0.4) is 0 Å². The summed E-state index contributed by atoms with van der Waals surface area (Å²) in [4.78, 5) is 2.07. The molecule has 3 heterocycles. The van der Waals surface area contributed by atoms with Crippen molar-refractivity contribution in [3.63, 3.8) is 0 Å². The predicted octanol–water partition coefficient (Wildman–Crippen LogP) is 2.73. The van der Waals surface area contributed by atoms with Crippen LogP contribution in [0.4, 0.5) is 5.69 Å². The third kappa shape index (κ3) is 1.16. The summed E-state index contributed by atoms with van der Waals surface area (Å²) in [7, 11) is 0. The summed E-state index contributed by atoms with van der Waals surface area (Å²) in [6.45, 7) is 3.21. The van der Waals surface area contributed by atoms with Crippen LogP contribution in [0.15, 0.2) is 58.4 Å². The molecule has 0 saturated carbocycles. The molecule has 3 aliphatic rings. The number of nitrogens with zero attached hydrogens (tertiary/aromatic N) is 2. The zero-order valence-corrected chi connectivity index (χ0v) is 9.57. The van der Waals surface area contributed by atoms with Crippen LogP contribution < -0.4 is 5.32 Å². The van der Waals surface area contributed by atoms with Gasteiger partial charge in [0, 0.05) is 17.3 Å². The molecular formula is C14H7ClN2. The second-order valence-corrected chi connectivity index (χ2v) is 4.52. The van der Waals surface area contributed by atoms with Gasteiger partial charge in [-0.25, -0.2) is 0 Å². The molecule has 0 amide bonds. The van der Waals surface area contributed by atoms with E-state index in [1.54, 1.807) is 0 Å². The molecular weight excluding hydrogens is 232 g/mol. The Morgan fingerprint density at radius 3 is 2.82 bits per heavy atom. The molecule has 1 atom stereocenters. The highest BCUT2D eigenvalue weighted by Crippen LogP contribution is 2.54. The third-order valence-electron chi connectivity index (χ3n) is 3.17. The van der Waals surface area contributed by atoms with Crippen LogP contribution in [0.25, 0.3) is 0 Å². The molecule has 17 heavy (non-hydrogen) atoms. The van der Waals surface area contributed by atoms with Crippen molar-refractivity contribution < 1.29 is 0 Å². The fourth-order valence-corrected chi connectivity index (χ4v) is 2.64. The van der Waals surface area contributed by atoms with E-state index in [1.807, 2.05) is 30.5 Å². The lowest BCUT2D eigenvalue weighted by molar-refractivity contribution is 0.356. The smallest absolute Gasteiger partial charge is 0.128 e. The molecule has 0 aliphatic carbocycles. The van der Waals surface area contributed by atoms with E-state index in [1.165, 1.54) is 5.57 Å². The molecule has 1 aromatic rings. The molecule has 80 valence electrons. The van der Waals surface area contributed by atoms with Gasteiger partial charge in [-0.05, 0) is 18.2 Å². The molecule has 4 radical (unpaired) electrons. The summed E-state index contributed by atoms with van der Waals surface area (Å²) in [6.07, 6.45) is 4.02. The van der Waals surface area contributed by atoms with Crippen LogP contribution in [-0.4, -0.2) is 10.9 Å². The highest BCUT2D eigenvalue weighted by molar-refractivity contribution is 6.34. The Labute approximate surface area is 105 Å². The topological polar surface area (TPSA) is 17.3 Å². The van der Waals surface area contributed by atoms with Gasteiger partial charge in [-0.15, -0.1) is 0 Å². The van der Waals surface area contributed by atoms with Crippen LogP contribution in [-0.2, 0) is 0 Å². The van der Waals surface area contributed by atoms with Crippen LogP contribution in [0.5, 0.6) is 0 Å². The number of halogens is 1. The molecule has 0 aromatic heterocycles. The lowest BCUT2D eigenvalue weighted by atomic mass is 9.90. The second-order valence-electron chi connectivity index (χ2n) is 4.14. The number of hydrogen-bond acceptors (Lipinski definition) is 1. The van der Waals surface area contributed by atoms with Gasteiger partial charge in [0.25, 0.3) is 0 Å². The predicted molar refractivity (Wildman–Crippen MR) is 65.0 cm³/mol. The van der Waals surface area contributed by atoms with Gasteiger partial charge in [0.1, 0.15) is 6.54 Å². The van der Waals surface area contributed by atoms with Crippen molar-refractivity contribution in [2.45, 2.75) is 6.04 Å². The lowest BCUT2D eigenvalue weighted by Gasteiger charge is -2.40. The minimum Gasteiger partial charge on any atom is -0.344 e. The van der Waals surface area contributed by atoms with E-state index < -0.39 is 0 Å². The van der Waals surface area contributed by atoms with Gasteiger partial charge < -0.3 is 4.90 Å². The van der Waals surface area contributed by atoms with E-state index in [2.05, 4.69) is 28.9 Å². The quantitative estimate of drug-likeness (QED) is 0.775. The van der Waals surface area contributed by atoms with Crippen molar-refractivity contribution in [1.29, 1.82) is 0 Å². The van der Waals surface area contributed by atoms with E-state index in [0.717, 1.165) is 22.0 Å². The van der Waals surface area contributed by atoms with Crippen LogP contribution in [0, 0.1) is 12.6 Å². The fraction of sp³-hybridized carbons (Fsp3) is 0.0714. The van der Waals surface area contributed by atoms with Crippen LogP contribution in [0.2, 0.25) is 0 Å². The molecule has 1 aromatic carbocycles. The summed E-state index contributed by atoms with van der Waals surface area (Å²) in [5, 5.41) is 5.24. The van der Waals surface area contributed by atoms with Gasteiger partial charge in [0.15, 0.2) is 0 Å². The maximum atomic E-state index is 6.19. The summed E-state index contributed by atoms with van der Waals surface area (Å²) in [6, 6.07) is 10.8. The molecule has 3 heteroatoms. The summed E-state index contributed by atoms with van der Waals surface area (Å²) < 4.78 is 0. The Morgan fingerprint density at radius 1 is 1.35 bits per heavy atom. The Kier molecular flexibility index (Phi) is 1.75. The van der Waals surface area contributed by atoms with Crippen LogP contribution in [0.1, 0.15) is 0 Å². The van der Waals surface area contributed by atoms with E-state index in [9.17, 15) is 0 Å². The first kappa shape index (κ1) is 9.37. The highest BCUT2D eigenvalue weighted by Gasteiger charge is 2.50. The Balaban J connectivity index is 1.61. The molecule has 2 bridgehead atoms. The molecule has 1 saturated heterocycles. The monoisotopic (exact) mass is 238 g/mol. The van der Waals surface area contributed by atoms with E-state index in [-0.39, 0.29) is 0 Å². The molecule has 4 rings (SSSR count). The average Bonchev–Trinajstić information content (AvgIpc) is 2.83. The maximum Gasteiger partial charge on any atom is 0.128 e. The van der Waals surface area contributed by atoms with Crippen molar-refractivity contribution in [3.05, 3.63) is 71.0 Å². The Bertz CT molecular complexity index is 583. The molecule has 2 nitrogen and oxygen atoms in total. The molecule has 0 spiro atoms. The van der Waals surface area contributed by atoms with Crippen molar-refractivity contribution in [1.82, 2.24) is 10.2 Å². The standard InChI is InChI=1S/C14H7ClN2/c15-13-9-6-12-11(14(13)17(12)8-9)7-16-10-4-2-1-3-5-10/h2-7,12H. The van der Waals surface area contributed by atoms with E-state index in [0.29, 0.717) is 6.04 Å². The number of fused-ring (bicyclic) bond motifs is 1. The molecule has 1 unspecified atom stereocenters. The maximum absolute atomic E-state index is 6.19. The fourth-order valence-electron chi connectivity index (χ4n) is 2.33. The number of hydrogen-bond donors (Lipinski definition) is 0. The van der Waals surface area contributed by atoms with Crippen LogP contribution >= 0.6 is 11.6 Å². The van der Waals surface area contributed by atoms with Gasteiger partial charge in [-0.2, -0.15) is 0 Å². The van der Waals surface area contributed by atoms with Crippen molar-refractivity contribution in [2.75, 3.05) is 0 Å². The van der Waals surface area contributed by atoms with Gasteiger partial charge in [-0.1, -0.05) is 29.8 Å². The first-order valence-electron chi connectivity index (χ1n) is 5.40. The lowest BCUT2D eigenvalue weighted by Crippen LogP contribution is -2.41. The summed E-state index contributed by atoms with van der Waals surface area (Å²) in [5.41, 5.74) is 4.20. The summed E-state index contributed by atoms with van der Waals surface area (Å²) >= 11 is 6.19. The first-order chi connectivity index (χ1) is 8.34. The third-order valence-corrected chi connectivity index (χ3v) is 3.56. The van der Waals surface area contributed by atoms with Crippen molar-refractivity contribution in [3.8, 4) is 0 Å². The largest absolute Gasteiger partial charge is 0.344 e. The highest BCUT2D eigenvalue weighted by atomic mass is 35.5. The average molecular weight is 239 g/mol. The van der Waals surface area contributed by atoms with E-state index >= 15 is 0 Å². The SMILES string of the molecule is ClC1=C2C(=C[N]c3cc[c]cc3)C3C=C1[C]N23. The molecule has 3 aliphatic heterocycles. The zero-order chi connectivity index (χ0) is 11.4. The number of rotatable bonds is 2. The summed E-state index contributed by atoms with van der Waals surface area (Å²) in [5.74, 6) is 0. The van der Waals surface area contributed by atoms with Crippen molar-refractivity contribution >= 4 is 17.3 Å². The van der Waals surface area contributed by atoms with E-state index in [4.69, 9.17) is 11.6 Å². The molecule has 1 fully saturated rings. The van der Waals surface area contributed by atoms with Crippen molar-refractivity contribution in [2.24, 2.45) is 0 Å². The second kappa shape index (κ2) is 3.17. The van der Waals surface area contributed by atoms with Gasteiger partial charge in [-0.3, -0.25) is 5.32 Å². The minimum atomic E-state index is 0.307. The van der Waals surface area contributed by atoms with Gasteiger partial charge >= 0.3 is 0 Å². The normalized spacial score (nSPS) is 26.4. The van der Waals surface area contributed by atoms with Gasteiger partial charge in [0.05, 0.1) is 22.5 Å². The molecule has 0 N–H and O–H groups in total. The number of benzene rings is 1. The zero-order valence-electron chi connectivity index (χ0n) is 8.81.